The Bertz CT molecular complexity index is 712. The Balaban J connectivity index is 2.45. The maximum Gasteiger partial charge on any atom is 0.422 e. The summed E-state index contributed by atoms with van der Waals surface area (Å²) in [5.74, 6) is 0. The molecule has 2 rings (SSSR count). The molecule has 1 fully saturated rings. The number of nitrogens with two attached hydrogens (primary N) is 1. The summed E-state index contributed by atoms with van der Waals surface area (Å²) in [4.78, 5) is 22.2. The third-order valence-electron chi connectivity index (χ3n) is 3.44. The molecule has 1 aliphatic rings. The Labute approximate surface area is 138 Å². The summed E-state index contributed by atoms with van der Waals surface area (Å²) < 4.78 is 50.2. The lowest BCUT2D eigenvalue weighted by molar-refractivity contribution is -0.303. The molecule has 0 spiro atoms. The molecule has 0 aromatic carbocycles. The van der Waals surface area contributed by atoms with Gasteiger partial charge in [-0.15, -0.1) is 0 Å². The van der Waals surface area contributed by atoms with E-state index < -0.39 is 50.9 Å². The third-order valence-corrected chi connectivity index (χ3v) is 4.15. The van der Waals surface area contributed by atoms with Crippen LogP contribution in [0.1, 0.15) is 6.23 Å². The maximum atomic E-state index is 13.5. The van der Waals surface area contributed by atoms with Crippen LogP contribution in [0.25, 0.3) is 0 Å². The monoisotopic (exact) mass is 391 g/mol. The van der Waals surface area contributed by atoms with Crippen LogP contribution in [0.3, 0.4) is 0 Å². The number of ether oxygens (including phenoxy) is 1. The van der Waals surface area contributed by atoms with Crippen molar-refractivity contribution in [1.29, 1.82) is 0 Å². The van der Waals surface area contributed by atoms with Crippen molar-refractivity contribution >= 4 is 20.7 Å². The highest BCUT2D eigenvalue weighted by Gasteiger charge is 2.69. The highest BCUT2D eigenvalue weighted by molar-refractivity contribution is 7.71. The van der Waals surface area contributed by atoms with Gasteiger partial charge in [-0.3, -0.25) is 19.8 Å². The molecule has 2 heterocycles. The van der Waals surface area contributed by atoms with Crippen molar-refractivity contribution in [3.8, 4) is 0 Å². The molecule has 0 bridgehead atoms. The van der Waals surface area contributed by atoms with Crippen LogP contribution >= 0.6 is 20.7 Å². The summed E-state index contributed by atoms with van der Waals surface area (Å²) in [6.45, 7) is -1.35. The second-order valence-corrected chi connectivity index (χ2v) is 6.17. The Morgan fingerprint density at radius 2 is 2.17 bits per heavy atom. The molecule has 9 nitrogen and oxygen atoms in total. The van der Waals surface area contributed by atoms with Crippen molar-refractivity contribution < 1.29 is 37.5 Å². The molecular weight excluding hydrogens is 378 g/mol. The van der Waals surface area contributed by atoms with Gasteiger partial charge in [0.25, 0.3) is 5.56 Å². The number of nitrogens with one attached hydrogen (secondary N) is 1. The summed E-state index contributed by atoms with van der Waals surface area (Å²) in [6.07, 6.45) is -10.4. The van der Waals surface area contributed by atoms with Crippen molar-refractivity contribution in [2.24, 2.45) is 5.50 Å². The zero-order valence-corrected chi connectivity index (χ0v) is 13.4. The Hall–Kier alpha value is -0.920. The van der Waals surface area contributed by atoms with Gasteiger partial charge in [-0.25, -0.2) is 0 Å². The molecule has 0 radical (unpaired) electrons. The molecule has 14 heteroatoms. The van der Waals surface area contributed by atoms with Crippen LogP contribution in [0.4, 0.5) is 13.2 Å². The number of rotatable bonds is 4. The first-order chi connectivity index (χ1) is 11.0. The van der Waals surface area contributed by atoms with Crippen molar-refractivity contribution in [3.63, 3.8) is 0 Å². The fourth-order valence-electron chi connectivity index (χ4n) is 2.23. The van der Waals surface area contributed by atoms with E-state index in [1.807, 2.05) is 0 Å². The van der Waals surface area contributed by atoms with E-state index in [1.165, 1.54) is 0 Å². The molecule has 5 atom stereocenters. The van der Waals surface area contributed by atoms with Crippen LogP contribution < -0.4 is 11.1 Å². The zero-order chi connectivity index (χ0) is 18.3. The number of aromatic amines is 1. The van der Waals surface area contributed by atoms with Crippen LogP contribution in [0.5, 0.6) is 0 Å². The van der Waals surface area contributed by atoms with Crippen molar-refractivity contribution in [3.05, 3.63) is 27.4 Å². The lowest BCUT2D eigenvalue weighted by Crippen LogP contribution is -2.57. The van der Waals surface area contributed by atoms with Gasteiger partial charge in [0, 0.05) is 12.3 Å². The molecule has 0 saturated carbocycles. The summed E-state index contributed by atoms with van der Waals surface area (Å²) in [7, 11) is -2.66. The number of hydrogen-bond acceptors (Lipinski definition) is 8. The normalized spacial score (nSPS) is 32.0. The number of alkyl halides is 3. The molecular formula is C10H13F3N3O6PS. The van der Waals surface area contributed by atoms with E-state index in [0.717, 1.165) is 16.8 Å². The standard InChI is InChI=1S/C10H13F3N3O6PS/c11-10(12,13)9(3-21-23(14)20)6(19)5(18)7(22-9)16-2-1-4(17)15-8(16)24/h1-2,5-7,18-20H,3,14H2,(H,15,17,24)/t5-,6+,7-,9-,23?/m1/s1. The fraction of sp³-hybridized carbons (Fsp3) is 0.600. The molecule has 24 heavy (non-hydrogen) atoms. The number of nitrogens with zero attached hydrogens (tertiary/aromatic N) is 1. The molecule has 1 saturated heterocycles. The summed E-state index contributed by atoms with van der Waals surface area (Å²) in [6, 6.07) is 0.954. The van der Waals surface area contributed by atoms with Crippen molar-refractivity contribution in [2.45, 2.75) is 30.2 Å². The van der Waals surface area contributed by atoms with E-state index in [1.54, 1.807) is 0 Å². The smallest absolute Gasteiger partial charge is 0.387 e. The minimum atomic E-state index is -5.17. The third kappa shape index (κ3) is 3.39. The van der Waals surface area contributed by atoms with Gasteiger partial charge in [-0.05, 0) is 12.2 Å². The van der Waals surface area contributed by atoms with Crippen LogP contribution in [-0.2, 0) is 9.26 Å². The number of aliphatic hydroxyl groups excluding tert-OH is 2. The maximum absolute atomic E-state index is 13.5. The Morgan fingerprint density at radius 3 is 2.67 bits per heavy atom. The molecule has 0 amide bonds. The average molecular weight is 391 g/mol. The lowest BCUT2D eigenvalue weighted by atomic mass is 9.95. The van der Waals surface area contributed by atoms with E-state index >= 15 is 0 Å². The highest BCUT2D eigenvalue weighted by Crippen LogP contribution is 2.48. The number of H-pyrrole nitrogens is 1. The first kappa shape index (κ1) is 19.4. The number of aromatic nitrogens is 2. The first-order valence-corrected chi connectivity index (χ1v) is 7.97. The van der Waals surface area contributed by atoms with E-state index in [2.05, 4.69) is 9.51 Å². The van der Waals surface area contributed by atoms with Crippen LogP contribution in [-0.4, -0.2) is 55.2 Å². The van der Waals surface area contributed by atoms with E-state index in [4.69, 9.17) is 27.4 Å². The van der Waals surface area contributed by atoms with E-state index in [-0.39, 0.29) is 4.77 Å². The van der Waals surface area contributed by atoms with Gasteiger partial charge < -0.3 is 24.4 Å². The van der Waals surface area contributed by atoms with Gasteiger partial charge in [-0.1, -0.05) is 0 Å². The second kappa shape index (κ2) is 6.77. The van der Waals surface area contributed by atoms with Crippen molar-refractivity contribution in [1.82, 2.24) is 9.55 Å². The number of hydrogen-bond donors (Lipinski definition) is 5. The summed E-state index contributed by atoms with van der Waals surface area (Å²) in [5.41, 5.74) is 0.959. The zero-order valence-electron chi connectivity index (χ0n) is 11.7. The van der Waals surface area contributed by atoms with Gasteiger partial charge >= 0.3 is 6.18 Å². The van der Waals surface area contributed by atoms with Crippen LogP contribution in [0.15, 0.2) is 17.1 Å². The van der Waals surface area contributed by atoms with E-state index in [9.17, 15) is 28.2 Å². The Kier molecular flexibility index (Phi) is 5.47. The first-order valence-electron chi connectivity index (χ1n) is 6.28. The molecule has 136 valence electrons. The molecule has 6 N–H and O–H groups in total. The largest absolute Gasteiger partial charge is 0.422 e. The lowest BCUT2D eigenvalue weighted by Gasteiger charge is -2.33. The van der Waals surface area contributed by atoms with Gasteiger partial charge in [-0.2, -0.15) is 13.2 Å². The van der Waals surface area contributed by atoms with Crippen molar-refractivity contribution in [2.75, 3.05) is 6.61 Å². The molecule has 1 aromatic rings. The van der Waals surface area contributed by atoms with Crippen LogP contribution in [0, 0.1) is 4.77 Å². The number of halogens is 3. The minimum absolute atomic E-state index is 0.319. The summed E-state index contributed by atoms with van der Waals surface area (Å²) in [5, 5.41) is 19.9. The fourth-order valence-corrected chi connectivity index (χ4v) is 2.82. The Morgan fingerprint density at radius 1 is 1.54 bits per heavy atom. The summed E-state index contributed by atoms with van der Waals surface area (Å²) >= 11 is 4.81. The topological polar surface area (TPSA) is 143 Å². The number of aliphatic hydroxyl groups is 2. The SMILES string of the molecule is NP(O)OC[C@@]1(C(F)(F)F)O[C@@H](n2ccc(=O)[nH]c2=S)[C@H](O)[C@@H]1O. The van der Waals surface area contributed by atoms with Crippen LogP contribution in [0.2, 0.25) is 0 Å². The van der Waals surface area contributed by atoms with E-state index in [0.29, 0.717) is 0 Å². The van der Waals surface area contributed by atoms with Gasteiger partial charge in [0.2, 0.25) is 14.1 Å². The quantitative estimate of drug-likeness (QED) is 0.346. The predicted molar refractivity (Wildman–Crippen MR) is 76.1 cm³/mol. The van der Waals surface area contributed by atoms with Gasteiger partial charge in [0.15, 0.2) is 11.0 Å². The second-order valence-electron chi connectivity index (χ2n) is 4.92. The molecule has 1 unspecified atom stereocenters. The average Bonchev–Trinajstić information content (AvgIpc) is 2.70. The molecule has 1 aromatic heterocycles. The van der Waals surface area contributed by atoms with Gasteiger partial charge in [0.1, 0.15) is 12.2 Å². The predicted octanol–water partition coefficient (Wildman–Crippen LogP) is -0.348. The molecule has 0 aliphatic carbocycles. The molecule has 1 aliphatic heterocycles. The highest BCUT2D eigenvalue weighted by atomic mass is 32.1. The van der Waals surface area contributed by atoms with Gasteiger partial charge in [0.05, 0.1) is 6.61 Å². The minimum Gasteiger partial charge on any atom is -0.387 e.